The van der Waals surface area contributed by atoms with Crippen LogP contribution in [0.3, 0.4) is 0 Å². The highest BCUT2D eigenvalue weighted by molar-refractivity contribution is 5.70. The van der Waals surface area contributed by atoms with E-state index >= 15 is 0 Å². The van der Waals surface area contributed by atoms with Crippen molar-refractivity contribution in [2.24, 2.45) is 5.73 Å². The van der Waals surface area contributed by atoms with E-state index in [9.17, 15) is 4.79 Å². The number of para-hydroxylation sites is 1. The Morgan fingerprint density at radius 3 is 2.62 bits per heavy atom. The van der Waals surface area contributed by atoms with Crippen molar-refractivity contribution in [2.75, 3.05) is 0 Å². The molecule has 0 fully saturated rings. The van der Waals surface area contributed by atoms with Gasteiger partial charge in [0.15, 0.2) is 0 Å². The highest BCUT2D eigenvalue weighted by Crippen LogP contribution is 2.05. The van der Waals surface area contributed by atoms with E-state index in [1.807, 2.05) is 18.2 Å². The highest BCUT2D eigenvalue weighted by Gasteiger charge is 1.90. The van der Waals surface area contributed by atoms with Crippen molar-refractivity contribution in [3.05, 3.63) is 30.3 Å². The minimum absolute atomic E-state index is 0.612. The number of hydrogen-bond donors (Lipinski definition) is 4. The van der Waals surface area contributed by atoms with Gasteiger partial charge in [0, 0.05) is 0 Å². The van der Waals surface area contributed by atoms with Crippen molar-refractivity contribution in [1.29, 1.82) is 0 Å². The van der Waals surface area contributed by atoms with Crippen molar-refractivity contribution in [2.45, 2.75) is 0 Å². The molecule has 0 aliphatic heterocycles. The van der Waals surface area contributed by atoms with Gasteiger partial charge >= 0.3 is 6.03 Å². The average Bonchev–Trinajstić information content (AvgIpc) is 2.14. The van der Waals surface area contributed by atoms with E-state index in [0.717, 1.165) is 0 Å². The van der Waals surface area contributed by atoms with Crippen LogP contribution in [0.1, 0.15) is 0 Å². The average molecular weight is 182 g/mol. The van der Waals surface area contributed by atoms with Gasteiger partial charge in [0.2, 0.25) is 0 Å². The number of hydrogen-bond acceptors (Lipinski definition) is 4. The summed E-state index contributed by atoms with van der Waals surface area (Å²) in [5.41, 5.74) is 11.3. The van der Waals surface area contributed by atoms with E-state index in [-0.39, 0.29) is 0 Å². The molecule has 0 atom stereocenters. The monoisotopic (exact) mass is 182 g/mol. The molecule has 1 aromatic rings. The van der Waals surface area contributed by atoms with Gasteiger partial charge in [-0.1, -0.05) is 23.8 Å². The normalized spacial score (nSPS) is 9.23. The summed E-state index contributed by atoms with van der Waals surface area (Å²) in [6.07, 6.45) is 0. The Kier molecular flexibility index (Phi) is 3.55. The zero-order chi connectivity index (χ0) is 9.52. The number of primary amides is 1. The van der Waals surface area contributed by atoms with Gasteiger partial charge in [-0.05, 0) is 12.1 Å². The topological polar surface area (TPSA) is 88.4 Å². The first-order valence-electron chi connectivity index (χ1n) is 3.56. The Morgan fingerprint density at radius 1 is 1.31 bits per heavy atom. The molecule has 0 aliphatic rings. The maximum atomic E-state index is 10.2. The molecule has 6 nitrogen and oxygen atoms in total. The summed E-state index contributed by atoms with van der Waals surface area (Å²) in [5, 5.41) is 0. The number of carbonyl (C=O) groups is 1. The van der Waals surface area contributed by atoms with E-state index in [4.69, 9.17) is 10.6 Å². The Morgan fingerprint density at radius 2 is 2.00 bits per heavy atom. The number of benzene rings is 1. The van der Waals surface area contributed by atoms with Crippen LogP contribution in [0.5, 0.6) is 5.75 Å². The van der Waals surface area contributed by atoms with Crippen molar-refractivity contribution in [3.8, 4) is 5.75 Å². The van der Waals surface area contributed by atoms with Crippen LogP contribution < -0.4 is 27.1 Å². The standard InChI is InChI=1S/C7H10N4O2/c8-7(12)9-10-11-13-6-4-2-1-3-5-6/h1-5,10-11H,(H3,8,9,12). The Bertz CT molecular complexity index is 264. The summed E-state index contributed by atoms with van der Waals surface area (Å²) in [7, 11) is 0. The number of nitrogens with two attached hydrogens (primary N) is 1. The molecule has 0 aromatic heterocycles. The Hall–Kier alpha value is -1.79. The second kappa shape index (κ2) is 4.96. The number of rotatable bonds is 4. The van der Waals surface area contributed by atoms with Gasteiger partial charge in [-0.25, -0.2) is 4.79 Å². The lowest BCUT2D eigenvalue weighted by Gasteiger charge is -2.07. The van der Waals surface area contributed by atoms with Crippen molar-refractivity contribution < 1.29 is 9.63 Å². The van der Waals surface area contributed by atoms with Gasteiger partial charge in [0.25, 0.3) is 0 Å². The van der Waals surface area contributed by atoms with E-state index in [1.165, 1.54) is 0 Å². The molecule has 0 bridgehead atoms. The first-order valence-corrected chi connectivity index (χ1v) is 3.56. The molecule has 2 amide bonds. The van der Waals surface area contributed by atoms with Crippen LogP contribution in [0.25, 0.3) is 0 Å². The molecule has 0 saturated heterocycles. The fourth-order valence-corrected chi connectivity index (χ4v) is 0.660. The van der Waals surface area contributed by atoms with E-state index in [1.54, 1.807) is 12.1 Å². The zero-order valence-corrected chi connectivity index (χ0v) is 6.78. The molecule has 1 rings (SSSR count). The molecule has 0 heterocycles. The summed E-state index contributed by atoms with van der Waals surface area (Å²) < 4.78 is 0. The van der Waals surface area contributed by atoms with Gasteiger partial charge in [-0.2, -0.15) is 0 Å². The van der Waals surface area contributed by atoms with Gasteiger partial charge in [-0.3, -0.25) is 5.43 Å². The molecule has 0 spiro atoms. The lowest BCUT2D eigenvalue weighted by molar-refractivity contribution is 0.132. The predicted octanol–water partition coefficient (Wildman–Crippen LogP) is -0.342. The van der Waals surface area contributed by atoms with Gasteiger partial charge in [-0.15, -0.1) is 5.53 Å². The van der Waals surface area contributed by atoms with Crippen LogP contribution in [0.2, 0.25) is 0 Å². The summed E-state index contributed by atoms with van der Waals surface area (Å²) in [6, 6.07) is 8.29. The molecular weight excluding hydrogens is 172 g/mol. The summed E-state index contributed by atoms with van der Waals surface area (Å²) in [4.78, 5) is 15.1. The molecule has 0 unspecified atom stereocenters. The minimum Gasteiger partial charge on any atom is -0.392 e. The molecule has 6 heteroatoms. The maximum Gasteiger partial charge on any atom is 0.327 e. The first-order chi connectivity index (χ1) is 6.29. The number of hydrazine groups is 2. The Labute approximate surface area is 75.0 Å². The predicted molar refractivity (Wildman–Crippen MR) is 46.1 cm³/mol. The molecule has 70 valence electrons. The quantitative estimate of drug-likeness (QED) is 0.379. The van der Waals surface area contributed by atoms with Crippen molar-refractivity contribution >= 4 is 6.03 Å². The lowest BCUT2D eigenvalue weighted by atomic mass is 10.3. The largest absolute Gasteiger partial charge is 0.392 e. The van der Waals surface area contributed by atoms with Crippen LogP contribution in [0, 0.1) is 0 Å². The van der Waals surface area contributed by atoms with E-state index in [2.05, 4.69) is 16.5 Å². The minimum atomic E-state index is -0.704. The van der Waals surface area contributed by atoms with Gasteiger partial charge in [0.1, 0.15) is 5.75 Å². The number of urea groups is 1. The third-order valence-electron chi connectivity index (χ3n) is 1.15. The fourth-order valence-electron chi connectivity index (χ4n) is 0.660. The smallest absolute Gasteiger partial charge is 0.327 e. The molecule has 0 aliphatic carbocycles. The molecule has 0 saturated carbocycles. The van der Waals surface area contributed by atoms with Gasteiger partial charge in [0.05, 0.1) is 0 Å². The number of nitrogens with one attached hydrogen (secondary N) is 3. The molecule has 13 heavy (non-hydrogen) atoms. The van der Waals surface area contributed by atoms with E-state index < -0.39 is 6.03 Å². The first kappa shape index (κ1) is 9.30. The van der Waals surface area contributed by atoms with Crippen LogP contribution in [-0.2, 0) is 0 Å². The molecular formula is C7H10N4O2. The third-order valence-corrected chi connectivity index (χ3v) is 1.15. The zero-order valence-electron chi connectivity index (χ0n) is 6.78. The second-order valence-corrected chi connectivity index (χ2v) is 2.13. The summed E-state index contributed by atoms with van der Waals surface area (Å²) in [5.74, 6) is 0.612. The van der Waals surface area contributed by atoms with Gasteiger partial charge < -0.3 is 10.6 Å². The van der Waals surface area contributed by atoms with Crippen molar-refractivity contribution in [3.63, 3.8) is 0 Å². The molecule has 1 aromatic carbocycles. The summed E-state index contributed by atoms with van der Waals surface area (Å²) in [6.45, 7) is 0. The lowest BCUT2D eigenvalue weighted by Crippen LogP contribution is -2.50. The second-order valence-electron chi connectivity index (χ2n) is 2.13. The van der Waals surface area contributed by atoms with Crippen LogP contribution in [-0.4, -0.2) is 6.03 Å². The number of amides is 2. The third kappa shape index (κ3) is 3.94. The molecule has 5 N–H and O–H groups in total. The van der Waals surface area contributed by atoms with Crippen LogP contribution in [0.15, 0.2) is 30.3 Å². The Balaban J connectivity index is 2.17. The van der Waals surface area contributed by atoms with Crippen LogP contribution >= 0.6 is 0 Å². The molecule has 0 radical (unpaired) electrons. The fraction of sp³-hybridized carbons (Fsp3) is 0. The number of carbonyl (C=O) groups excluding carboxylic acids is 1. The summed E-state index contributed by atoms with van der Waals surface area (Å²) >= 11 is 0. The highest BCUT2D eigenvalue weighted by atomic mass is 16.7. The SMILES string of the molecule is NC(=O)NNNOc1ccccc1. The van der Waals surface area contributed by atoms with Crippen molar-refractivity contribution in [1.82, 2.24) is 16.5 Å². The van der Waals surface area contributed by atoms with E-state index in [0.29, 0.717) is 5.75 Å². The maximum absolute atomic E-state index is 10.2. The van der Waals surface area contributed by atoms with Crippen LogP contribution in [0.4, 0.5) is 4.79 Å².